The van der Waals surface area contributed by atoms with Crippen LogP contribution in [0, 0.1) is 5.92 Å². The van der Waals surface area contributed by atoms with E-state index in [9.17, 15) is 24.0 Å². The molecule has 0 amide bonds. The molecule has 3 unspecified atom stereocenters. The van der Waals surface area contributed by atoms with E-state index in [-0.39, 0.29) is 12.1 Å². The minimum Gasteiger partial charge on any atom is -0.479 e. The Kier molecular flexibility index (Phi) is 19.7. The quantitative estimate of drug-likeness (QED) is 0.110. The molecule has 16 heteroatoms. The number of aliphatic hydroxyl groups excluding tert-OH is 4. The number of carbonyl (C=O) groups excluding carboxylic acids is 1. The average molecular weight is 585 g/mol. The Morgan fingerprint density at radius 3 is 1.48 bits per heavy atom. The molecule has 0 aromatic rings. The van der Waals surface area contributed by atoms with E-state index in [0.717, 1.165) is 32.6 Å². The van der Waals surface area contributed by atoms with E-state index in [1.807, 2.05) is 0 Å². The minimum absolute atomic E-state index is 0.0986. The Labute approximate surface area is 232 Å². The van der Waals surface area contributed by atoms with Crippen molar-refractivity contribution in [3.05, 3.63) is 0 Å². The van der Waals surface area contributed by atoms with E-state index in [0.29, 0.717) is 12.0 Å². The van der Waals surface area contributed by atoms with Crippen LogP contribution in [0.1, 0.15) is 47.5 Å². The summed E-state index contributed by atoms with van der Waals surface area (Å²) in [5.74, 6) is -6.79. The van der Waals surface area contributed by atoms with Crippen LogP contribution < -0.4 is 0 Å². The fraction of sp³-hybridized carbons (Fsp3) is 0.792. The Bertz CT molecular complexity index is 734. The van der Waals surface area contributed by atoms with Gasteiger partial charge in [0.2, 0.25) is 0 Å². The molecule has 0 aliphatic carbocycles. The number of hydrogen-bond donors (Lipinski definition) is 8. The summed E-state index contributed by atoms with van der Waals surface area (Å²) in [5, 5.41) is 65.1. The molecular weight excluding hydrogens is 540 g/mol. The van der Waals surface area contributed by atoms with Crippen LogP contribution in [-0.4, -0.2) is 150 Å². The maximum atomic E-state index is 11.1. The Morgan fingerprint density at radius 1 is 0.800 bits per heavy atom. The summed E-state index contributed by atoms with van der Waals surface area (Å²) in [6.45, 7) is 16.0. The molecule has 0 saturated carbocycles. The normalized spacial score (nSPS) is 21.8. The molecule has 0 bridgehead atoms. The third-order valence-corrected chi connectivity index (χ3v) is 6.10. The van der Waals surface area contributed by atoms with E-state index in [4.69, 9.17) is 45.6 Å². The second-order valence-electron chi connectivity index (χ2n) is 9.22. The molecule has 1 rings (SSSR count). The van der Waals surface area contributed by atoms with Crippen LogP contribution in [0.4, 0.5) is 0 Å². The van der Waals surface area contributed by atoms with Crippen molar-refractivity contribution in [1.82, 2.24) is 9.80 Å². The molecule has 1 aliphatic heterocycles. The summed E-state index contributed by atoms with van der Waals surface area (Å²) in [6.07, 6.45) is -6.78. The number of carboxylic acid groups (broad SMARTS) is 4. The van der Waals surface area contributed by atoms with Gasteiger partial charge in [-0.2, -0.15) is 0 Å². The Balaban J connectivity index is 0. The van der Waals surface area contributed by atoms with Gasteiger partial charge in [-0.3, -0.25) is 4.79 Å². The first-order valence-corrected chi connectivity index (χ1v) is 12.7. The molecule has 1 saturated heterocycles. The number of likely N-dealkylation sites (tertiary alicyclic amines) is 1. The summed E-state index contributed by atoms with van der Waals surface area (Å²) in [4.78, 5) is 55.2. The van der Waals surface area contributed by atoms with Gasteiger partial charge in [0.25, 0.3) is 0 Å². The predicted molar refractivity (Wildman–Crippen MR) is 137 cm³/mol. The summed E-state index contributed by atoms with van der Waals surface area (Å²) < 4.78 is 5.43. The van der Waals surface area contributed by atoms with E-state index in [2.05, 4.69) is 37.5 Å². The number of rotatable bonds is 13. The maximum absolute atomic E-state index is 11.1. The molecule has 16 nitrogen and oxygen atoms in total. The molecule has 1 fully saturated rings. The van der Waals surface area contributed by atoms with Gasteiger partial charge in [-0.15, -0.1) is 0 Å². The number of hydrogen-bond acceptors (Lipinski definition) is 12. The lowest BCUT2D eigenvalue weighted by Crippen LogP contribution is -2.49. The first kappa shape index (κ1) is 39.3. The number of ether oxygens (including phenoxy) is 1. The maximum Gasteiger partial charge on any atom is 0.335 e. The van der Waals surface area contributed by atoms with Gasteiger partial charge in [-0.25, -0.2) is 19.2 Å². The highest BCUT2D eigenvalue weighted by molar-refractivity contribution is 5.83. The van der Waals surface area contributed by atoms with Crippen molar-refractivity contribution in [2.24, 2.45) is 5.92 Å². The lowest BCUT2D eigenvalue weighted by molar-refractivity contribution is -0.165. The van der Waals surface area contributed by atoms with Gasteiger partial charge in [-0.05, 0) is 45.9 Å². The van der Waals surface area contributed by atoms with Crippen molar-refractivity contribution in [2.45, 2.75) is 84.0 Å². The lowest BCUT2D eigenvalue weighted by atomic mass is 9.91. The summed E-state index contributed by atoms with van der Waals surface area (Å²) in [5.41, 5.74) is 0. The van der Waals surface area contributed by atoms with Crippen molar-refractivity contribution in [1.29, 1.82) is 0 Å². The van der Waals surface area contributed by atoms with Crippen LogP contribution in [0.2, 0.25) is 0 Å². The fourth-order valence-electron chi connectivity index (χ4n) is 3.65. The van der Waals surface area contributed by atoms with Crippen LogP contribution in [0.25, 0.3) is 0 Å². The molecule has 0 aromatic carbocycles. The zero-order valence-corrected chi connectivity index (χ0v) is 23.4. The number of piperidine rings is 1. The lowest BCUT2D eigenvalue weighted by Gasteiger charge is -2.41. The topological polar surface area (TPSA) is 263 Å². The number of nitrogens with zero attached hydrogens (tertiary/aromatic N) is 2. The van der Waals surface area contributed by atoms with Gasteiger partial charge in [0, 0.05) is 25.4 Å². The third kappa shape index (κ3) is 15.6. The fourth-order valence-corrected chi connectivity index (χ4v) is 3.65. The molecule has 8 N–H and O–H groups in total. The van der Waals surface area contributed by atoms with E-state index >= 15 is 0 Å². The van der Waals surface area contributed by atoms with Crippen molar-refractivity contribution in [3.63, 3.8) is 0 Å². The zero-order chi connectivity index (χ0) is 31.7. The average Bonchev–Trinajstić information content (AvgIpc) is 2.87. The van der Waals surface area contributed by atoms with Crippen LogP contribution in [-0.2, 0) is 28.7 Å². The minimum atomic E-state index is -2.27. The Hall–Kier alpha value is -2.89. The van der Waals surface area contributed by atoms with Crippen LogP contribution in [0.5, 0.6) is 0 Å². The molecule has 0 spiro atoms. The first-order valence-electron chi connectivity index (χ1n) is 12.7. The van der Waals surface area contributed by atoms with E-state index < -0.39 is 48.3 Å². The SMILES string of the molecule is CCN(CC)CCCN1CC(C)C(OC(C)=O)CC1C.O=C(O)[C@H](O)[C@@H](O)C(=O)O.O=C(O)[C@H](O)[C@@H](O)C(=O)O. The van der Waals surface area contributed by atoms with Gasteiger partial charge >= 0.3 is 29.8 Å². The summed E-state index contributed by atoms with van der Waals surface area (Å²) in [7, 11) is 0. The summed E-state index contributed by atoms with van der Waals surface area (Å²) >= 11 is 0. The molecule has 1 heterocycles. The van der Waals surface area contributed by atoms with E-state index in [1.54, 1.807) is 0 Å². The van der Waals surface area contributed by atoms with Gasteiger partial charge in [0.05, 0.1) is 0 Å². The van der Waals surface area contributed by atoms with Crippen molar-refractivity contribution in [3.8, 4) is 0 Å². The third-order valence-electron chi connectivity index (χ3n) is 6.10. The highest BCUT2D eigenvalue weighted by Crippen LogP contribution is 2.25. The number of aliphatic carboxylic acids is 4. The zero-order valence-electron chi connectivity index (χ0n) is 23.4. The van der Waals surface area contributed by atoms with Gasteiger partial charge in [-0.1, -0.05) is 20.8 Å². The van der Waals surface area contributed by atoms with Crippen LogP contribution in [0.3, 0.4) is 0 Å². The van der Waals surface area contributed by atoms with Crippen LogP contribution >= 0.6 is 0 Å². The number of carboxylic acids is 4. The second kappa shape index (κ2) is 20.1. The van der Waals surface area contributed by atoms with E-state index in [1.165, 1.54) is 19.9 Å². The van der Waals surface area contributed by atoms with Gasteiger partial charge < -0.3 is 55.4 Å². The van der Waals surface area contributed by atoms with Crippen molar-refractivity contribution < 1.29 is 69.6 Å². The smallest absolute Gasteiger partial charge is 0.335 e. The number of esters is 1. The van der Waals surface area contributed by atoms with Gasteiger partial charge in [0.1, 0.15) is 6.10 Å². The standard InChI is InChI=1S/C16H32N2O2.2C4H6O6/c1-6-17(7-2)9-8-10-18-12-13(3)16(11-14(18)4)20-15(5)19;2*5-1(3(7)8)2(6)4(9)10/h13-14,16H,6-12H2,1-5H3;2*1-2,5-6H,(H,7,8)(H,9,10)/t;2*1-,2-/m.11/s1. The predicted octanol–water partition coefficient (Wildman–Crippen LogP) is -1.86. The molecule has 7 atom stereocenters. The number of carbonyl (C=O) groups is 5. The molecule has 40 heavy (non-hydrogen) atoms. The largest absolute Gasteiger partial charge is 0.479 e. The molecule has 0 aromatic heterocycles. The van der Waals surface area contributed by atoms with Crippen LogP contribution in [0.15, 0.2) is 0 Å². The second-order valence-corrected chi connectivity index (χ2v) is 9.22. The Morgan fingerprint density at radius 2 is 1.18 bits per heavy atom. The van der Waals surface area contributed by atoms with Gasteiger partial charge in [0.15, 0.2) is 24.4 Å². The molecular formula is C24H44N2O14. The molecule has 0 radical (unpaired) electrons. The van der Waals surface area contributed by atoms with Crippen molar-refractivity contribution >= 4 is 29.8 Å². The first-order chi connectivity index (χ1) is 18.4. The summed E-state index contributed by atoms with van der Waals surface area (Å²) in [6, 6.07) is 0.507. The molecule has 234 valence electrons. The highest BCUT2D eigenvalue weighted by Gasteiger charge is 2.33. The van der Waals surface area contributed by atoms with Crippen molar-refractivity contribution in [2.75, 3.05) is 32.7 Å². The monoisotopic (exact) mass is 584 g/mol. The highest BCUT2D eigenvalue weighted by atomic mass is 16.5. The number of aliphatic hydroxyl groups is 4. The molecule has 1 aliphatic rings.